The fourth-order valence-corrected chi connectivity index (χ4v) is 2.14. The van der Waals surface area contributed by atoms with Crippen molar-refractivity contribution in [3.63, 3.8) is 0 Å². The number of carbonyl (C=O) groups is 1. The molecule has 6 nitrogen and oxygen atoms in total. The van der Waals surface area contributed by atoms with Crippen LogP contribution in [0.4, 0.5) is 10.5 Å². The predicted molar refractivity (Wildman–Crippen MR) is 75.6 cm³/mol. The number of ether oxygens (including phenoxy) is 1. The van der Waals surface area contributed by atoms with Crippen molar-refractivity contribution in [1.29, 1.82) is 0 Å². The van der Waals surface area contributed by atoms with Crippen molar-refractivity contribution in [3.05, 3.63) is 39.8 Å². The van der Waals surface area contributed by atoms with E-state index < -0.39 is 5.60 Å². The molecule has 106 valence electrons. The molecule has 1 amide bonds. The summed E-state index contributed by atoms with van der Waals surface area (Å²) in [5.74, 6) is 0. The Labute approximate surface area is 118 Å². The lowest BCUT2D eigenvalue weighted by Gasteiger charge is -2.31. The molecular formula is C14H18N4O2. The summed E-state index contributed by atoms with van der Waals surface area (Å²) in [5.41, 5.74) is 10.7. The van der Waals surface area contributed by atoms with E-state index in [0.29, 0.717) is 18.8 Å². The Kier molecular flexibility index (Phi) is 3.86. The molecule has 0 atom stereocenters. The molecule has 1 aliphatic rings. The number of nitrogens with zero attached hydrogens (tertiary/aromatic N) is 4. The zero-order chi connectivity index (χ0) is 14.8. The Morgan fingerprint density at radius 3 is 2.80 bits per heavy atom. The lowest BCUT2D eigenvalue weighted by molar-refractivity contribution is 0.0224. The van der Waals surface area contributed by atoms with Gasteiger partial charge < -0.3 is 9.64 Å². The van der Waals surface area contributed by atoms with Crippen LogP contribution in [0.2, 0.25) is 0 Å². The first-order valence-corrected chi connectivity index (χ1v) is 6.54. The first-order valence-electron chi connectivity index (χ1n) is 6.54. The smallest absolute Gasteiger partial charge is 0.410 e. The third-order valence-corrected chi connectivity index (χ3v) is 3.01. The molecule has 1 aliphatic heterocycles. The van der Waals surface area contributed by atoms with E-state index in [9.17, 15) is 4.79 Å². The average molecular weight is 274 g/mol. The molecule has 20 heavy (non-hydrogen) atoms. The predicted octanol–water partition coefficient (Wildman–Crippen LogP) is 3.92. The maximum Gasteiger partial charge on any atom is 0.410 e. The van der Waals surface area contributed by atoms with Gasteiger partial charge in [-0.1, -0.05) is 17.2 Å². The van der Waals surface area contributed by atoms with Crippen LogP contribution in [-0.4, -0.2) is 23.1 Å². The summed E-state index contributed by atoms with van der Waals surface area (Å²) in [7, 11) is 0. The number of hydrogen-bond acceptors (Lipinski definition) is 3. The summed E-state index contributed by atoms with van der Waals surface area (Å²) in [6.07, 6.45) is 0.475. The molecule has 0 radical (unpaired) electrons. The molecule has 6 heteroatoms. The zero-order valence-electron chi connectivity index (χ0n) is 12.0. The van der Waals surface area contributed by atoms with Crippen molar-refractivity contribution in [2.45, 2.75) is 39.3 Å². The van der Waals surface area contributed by atoms with Gasteiger partial charge in [0.15, 0.2) is 0 Å². The van der Waals surface area contributed by atoms with E-state index in [1.54, 1.807) is 11.0 Å². The van der Waals surface area contributed by atoms with E-state index in [1.165, 1.54) is 5.56 Å². The number of hydrogen-bond donors (Lipinski definition) is 0. The van der Waals surface area contributed by atoms with Crippen molar-refractivity contribution < 1.29 is 9.53 Å². The summed E-state index contributed by atoms with van der Waals surface area (Å²) >= 11 is 0. The second kappa shape index (κ2) is 5.43. The number of fused-ring (bicyclic) bond motifs is 1. The van der Waals surface area contributed by atoms with Crippen LogP contribution in [0.1, 0.15) is 31.9 Å². The topological polar surface area (TPSA) is 78.3 Å². The van der Waals surface area contributed by atoms with Gasteiger partial charge in [0.2, 0.25) is 0 Å². The monoisotopic (exact) mass is 274 g/mol. The lowest BCUT2D eigenvalue weighted by Crippen LogP contribution is -2.39. The van der Waals surface area contributed by atoms with Crippen molar-refractivity contribution in [2.75, 3.05) is 6.54 Å². The summed E-state index contributed by atoms with van der Waals surface area (Å²) in [4.78, 5) is 16.5. The Morgan fingerprint density at radius 1 is 1.40 bits per heavy atom. The first-order chi connectivity index (χ1) is 9.39. The summed E-state index contributed by atoms with van der Waals surface area (Å²) < 4.78 is 5.37. The molecule has 1 aromatic rings. The molecule has 1 heterocycles. The van der Waals surface area contributed by atoms with Gasteiger partial charge in [0, 0.05) is 23.7 Å². The van der Waals surface area contributed by atoms with Crippen LogP contribution >= 0.6 is 0 Å². The minimum atomic E-state index is -0.496. The highest BCUT2D eigenvalue weighted by Gasteiger charge is 2.25. The van der Waals surface area contributed by atoms with Gasteiger partial charge in [-0.05, 0) is 49.9 Å². The van der Waals surface area contributed by atoms with Crippen molar-refractivity contribution >= 4 is 11.8 Å². The molecular weight excluding hydrogens is 256 g/mol. The second-order valence-electron chi connectivity index (χ2n) is 5.79. The van der Waals surface area contributed by atoms with Crippen LogP contribution in [0.5, 0.6) is 0 Å². The van der Waals surface area contributed by atoms with E-state index in [1.807, 2.05) is 32.9 Å². The molecule has 2 rings (SSSR count). The molecule has 0 saturated heterocycles. The summed E-state index contributed by atoms with van der Waals surface area (Å²) in [6.45, 7) is 6.68. The van der Waals surface area contributed by atoms with Gasteiger partial charge in [-0.2, -0.15) is 0 Å². The molecule has 1 aromatic carbocycles. The minimum Gasteiger partial charge on any atom is -0.444 e. The standard InChI is InChI=1S/C14H18N4O2/c1-14(2,3)20-13(19)18-7-6-10-4-5-12(16-17-15)8-11(10)9-18/h4-5,8H,6-7,9H2,1-3H3. The van der Waals surface area contributed by atoms with Crippen LogP contribution < -0.4 is 0 Å². The third-order valence-electron chi connectivity index (χ3n) is 3.01. The van der Waals surface area contributed by atoms with Crippen LogP contribution in [0, 0.1) is 0 Å². The number of azide groups is 1. The third kappa shape index (κ3) is 3.42. The highest BCUT2D eigenvalue weighted by molar-refractivity contribution is 5.68. The molecule has 0 aromatic heterocycles. The summed E-state index contributed by atoms with van der Waals surface area (Å²) in [5, 5.41) is 3.59. The van der Waals surface area contributed by atoms with E-state index in [4.69, 9.17) is 10.3 Å². The molecule has 0 unspecified atom stereocenters. The SMILES string of the molecule is CC(C)(C)OC(=O)N1CCc2ccc(N=[N+]=[N-])cc2C1. The van der Waals surface area contributed by atoms with Crippen LogP contribution in [0.3, 0.4) is 0 Å². The largest absolute Gasteiger partial charge is 0.444 e. The fourth-order valence-electron chi connectivity index (χ4n) is 2.14. The van der Waals surface area contributed by atoms with Gasteiger partial charge in [-0.25, -0.2) is 4.79 Å². The quantitative estimate of drug-likeness (QED) is 0.442. The fraction of sp³-hybridized carbons (Fsp3) is 0.500. The Hall–Kier alpha value is -2.20. The maximum atomic E-state index is 12.1. The van der Waals surface area contributed by atoms with E-state index in [-0.39, 0.29) is 6.09 Å². The minimum absolute atomic E-state index is 0.308. The molecule has 0 saturated carbocycles. The normalized spacial score (nSPS) is 14.2. The van der Waals surface area contributed by atoms with Gasteiger partial charge in [-0.15, -0.1) is 0 Å². The molecule has 0 spiro atoms. The summed E-state index contributed by atoms with van der Waals surface area (Å²) in [6, 6.07) is 5.57. The molecule has 0 fully saturated rings. The Balaban J connectivity index is 2.15. The average Bonchev–Trinajstić information content (AvgIpc) is 2.36. The van der Waals surface area contributed by atoms with Gasteiger partial charge in [0.05, 0.1) is 0 Å². The number of rotatable bonds is 1. The van der Waals surface area contributed by atoms with Gasteiger partial charge in [0.25, 0.3) is 0 Å². The van der Waals surface area contributed by atoms with Crippen molar-refractivity contribution in [3.8, 4) is 0 Å². The lowest BCUT2D eigenvalue weighted by atomic mass is 9.99. The Bertz CT molecular complexity index is 571. The van der Waals surface area contributed by atoms with Gasteiger partial charge in [-0.3, -0.25) is 0 Å². The van der Waals surface area contributed by atoms with Gasteiger partial charge in [0.1, 0.15) is 5.60 Å². The van der Waals surface area contributed by atoms with E-state index in [2.05, 4.69) is 10.0 Å². The number of benzene rings is 1. The van der Waals surface area contributed by atoms with E-state index in [0.717, 1.165) is 12.0 Å². The van der Waals surface area contributed by atoms with Crippen molar-refractivity contribution in [1.82, 2.24) is 4.90 Å². The van der Waals surface area contributed by atoms with Crippen LogP contribution in [0.25, 0.3) is 10.4 Å². The second-order valence-corrected chi connectivity index (χ2v) is 5.79. The molecule has 0 N–H and O–H groups in total. The van der Waals surface area contributed by atoms with Crippen LogP contribution in [-0.2, 0) is 17.7 Å². The van der Waals surface area contributed by atoms with Gasteiger partial charge >= 0.3 is 6.09 Å². The number of amides is 1. The zero-order valence-corrected chi connectivity index (χ0v) is 12.0. The number of carbonyl (C=O) groups excluding carboxylic acids is 1. The van der Waals surface area contributed by atoms with Crippen molar-refractivity contribution in [2.24, 2.45) is 5.11 Å². The highest BCUT2D eigenvalue weighted by atomic mass is 16.6. The molecule has 0 aliphatic carbocycles. The highest BCUT2D eigenvalue weighted by Crippen LogP contribution is 2.25. The van der Waals surface area contributed by atoms with E-state index >= 15 is 0 Å². The molecule has 0 bridgehead atoms. The maximum absolute atomic E-state index is 12.1. The Morgan fingerprint density at radius 2 is 2.15 bits per heavy atom. The first kappa shape index (κ1) is 14.2. The van der Waals surface area contributed by atoms with Crippen LogP contribution in [0.15, 0.2) is 23.3 Å².